The number of hydrogen-bond acceptors (Lipinski definition) is 9. The molecule has 65 heavy (non-hydrogen) atoms. The minimum absolute atomic E-state index is 0.110. The van der Waals surface area contributed by atoms with Crippen molar-refractivity contribution in [3.63, 3.8) is 0 Å². The van der Waals surface area contributed by atoms with Crippen LogP contribution in [0.2, 0.25) is 0 Å². The fraction of sp³-hybridized carbons (Fsp3) is 0.741. The summed E-state index contributed by atoms with van der Waals surface area (Å²) in [5.74, 6) is -1.06. The number of aliphatic hydroxyl groups excluding tert-OH is 2. The van der Waals surface area contributed by atoms with Crippen LogP contribution in [0.3, 0.4) is 0 Å². The van der Waals surface area contributed by atoms with Gasteiger partial charge in [0.2, 0.25) is 0 Å². The molecule has 0 aromatic carbocycles. The molecule has 0 bridgehead atoms. The highest BCUT2D eigenvalue weighted by molar-refractivity contribution is 7.47. The summed E-state index contributed by atoms with van der Waals surface area (Å²) in [5, 5.41) is 18.4. The van der Waals surface area contributed by atoms with E-state index in [1.807, 2.05) is 12.2 Å². The van der Waals surface area contributed by atoms with Gasteiger partial charge in [-0.25, -0.2) is 4.57 Å². The number of rotatable bonds is 48. The molecule has 0 radical (unpaired) electrons. The highest BCUT2D eigenvalue weighted by Gasteiger charge is 2.27. The highest BCUT2D eigenvalue weighted by Crippen LogP contribution is 2.43. The zero-order valence-corrected chi connectivity index (χ0v) is 42.1. The SMILES string of the molecule is CCCCC/C=C/C/C=C/C/C=C/C/C=C/C/C=C/CCC(=O)OC[C@H](COP(=O)(O)OC[C@@H](O)CO)OC(=O)CCC/C=C/CCCCCCCCCCCCCCCCCCCC. The first-order chi connectivity index (χ1) is 31.7. The number of unbranched alkanes of at least 4 members (excludes halogenated alkanes) is 22. The van der Waals surface area contributed by atoms with Crippen molar-refractivity contribution in [2.24, 2.45) is 0 Å². The van der Waals surface area contributed by atoms with Crippen molar-refractivity contribution in [1.82, 2.24) is 0 Å². The molecule has 0 aliphatic carbocycles. The Morgan fingerprint density at radius 3 is 1.31 bits per heavy atom. The van der Waals surface area contributed by atoms with Gasteiger partial charge in [-0.2, -0.15) is 0 Å². The number of aliphatic hydroxyl groups is 2. The molecule has 376 valence electrons. The van der Waals surface area contributed by atoms with E-state index in [1.165, 1.54) is 135 Å². The average molecular weight is 935 g/mol. The molecule has 0 aliphatic heterocycles. The van der Waals surface area contributed by atoms with Crippen LogP contribution >= 0.6 is 7.82 Å². The Hall–Kier alpha value is -2.59. The van der Waals surface area contributed by atoms with Crippen LogP contribution in [0.1, 0.15) is 219 Å². The second-order valence-electron chi connectivity index (χ2n) is 17.2. The van der Waals surface area contributed by atoms with Crippen LogP contribution < -0.4 is 0 Å². The number of hydrogen-bond donors (Lipinski definition) is 3. The van der Waals surface area contributed by atoms with Crippen LogP contribution in [0, 0.1) is 0 Å². The lowest BCUT2D eigenvalue weighted by molar-refractivity contribution is -0.161. The number of phosphoric ester groups is 1. The predicted molar refractivity (Wildman–Crippen MR) is 270 cm³/mol. The molecule has 0 heterocycles. The van der Waals surface area contributed by atoms with Gasteiger partial charge in [0.05, 0.1) is 19.8 Å². The standard InChI is InChI=1S/C54H95O10P/c1-3-5-7-9-11-13-15-17-19-21-23-24-25-26-28-30-32-34-36-38-40-42-44-46-54(58)64-52(50-63-65(59,60)62-48-51(56)47-55)49-61-53(57)45-43-41-39-37-35-33-31-29-27-22-20-18-16-14-12-10-8-6-4-2/h12,14,18,20,27,29,33,35,38-41,51-52,55-56H,3-11,13,15-17,19,21-26,28,30-32,34,36-37,42-50H2,1-2H3,(H,59,60)/b14-12+,20-18+,29-27+,35-33+,40-38+,41-39+/t51-,52+/m0/s1. The van der Waals surface area contributed by atoms with E-state index in [2.05, 4.69) is 74.6 Å². The summed E-state index contributed by atoms with van der Waals surface area (Å²) in [7, 11) is -4.65. The lowest BCUT2D eigenvalue weighted by atomic mass is 10.0. The van der Waals surface area contributed by atoms with Gasteiger partial charge in [-0.3, -0.25) is 18.6 Å². The summed E-state index contributed by atoms with van der Waals surface area (Å²) in [6.45, 7) is 2.26. The number of ether oxygens (including phenoxy) is 2. The monoisotopic (exact) mass is 935 g/mol. The van der Waals surface area contributed by atoms with Gasteiger partial charge in [-0.05, 0) is 70.6 Å². The van der Waals surface area contributed by atoms with Crippen molar-refractivity contribution in [2.45, 2.75) is 232 Å². The lowest BCUT2D eigenvalue weighted by Crippen LogP contribution is -2.29. The fourth-order valence-electron chi connectivity index (χ4n) is 6.86. The quantitative estimate of drug-likeness (QED) is 0.0233. The molecule has 0 saturated heterocycles. The highest BCUT2D eigenvalue weighted by atomic mass is 31.2. The first-order valence-corrected chi connectivity index (χ1v) is 27.4. The second-order valence-corrected chi connectivity index (χ2v) is 18.6. The van der Waals surface area contributed by atoms with Gasteiger partial charge in [0.1, 0.15) is 12.7 Å². The Balaban J connectivity index is 4.30. The van der Waals surface area contributed by atoms with Gasteiger partial charge in [0.25, 0.3) is 0 Å². The molecule has 0 aromatic heterocycles. The molecule has 0 spiro atoms. The van der Waals surface area contributed by atoms with Crippen LogP contribution in [0.25, 0.3) is 0 Å². The summed E-state index contributed by atoms with van der Waals surface area (Å²) in [5.41, 5.74) is 0. The third-order valence-electron chi connectivity index (χ3n) is 10.8. The number of carbonyl (C=O) groups excluding carboxylic acids is 2. The number of phosphoric acid groups is 1. The van der Waals surface area contributed by atoms with Gasteiger partial charge in [-0.1, -0.05) is 209 Å². The molecule has 0 saturated carbocycles. The van der Waals surface area contributed by atoms with E-state index in [4.69, 9.17) is 23.6 Å². The summed E-state index contributed by atoms with van der Waals surface area (Å²) >= 11 is 0. The molecule has 10 nitrogen and oxygen atoms in total. The van der Waals surface area contributed by atoms with Crippen LogP contribution in [-0.2, 0) is 32.7 Å². The zero-order chi connectivity index (χ0) is 47.6. The Morgan fingerprint density at radius 1 is 0.462 bits per heavy atom. The fourth-order valence-corrected chi connectivity index (χ4v) is 7.65. The minimum atomic E-state index is -4.65. The number of allylic oxidation sites excluding steroid dienone is 12. The molecule has 1 unspecified atom stereocenters. The number of esters is 2. The minimum Gasteiger partial charge on any atom is -0.462 e. The summed E-state index contributed by atoms with van der Waals surface area (Å²) < 4.78 is 32.7. The predicted octanol–water partition coefficient (Wildman–Crippen LogP) is 14.8. The molecule has 3 N–H and O–H groups in total. The Bertz CT molecular complexity index is 1310. The van der Waals surface area contributed by atoms with Crippen molar-refractivity contribution < 1.29 is 47.8 Å². The van der Waals surface area contributed by atoms with Crippen molar-refractivity contribution in [3.05, 3.63) is 72.9 Å². The van der Waals surface area contributed by atoms with E-state index in [0.29, 0.717) is 19.3 Å². The van der Waals surface area contributed by atoms with Gasteiger partial charge < -0.3 is 24.6 Å². The van der Waals surface area contributed by atoms with Crippen LogP contribution in [0.4, 0.5) is 0 Å². The summed E-state index contributed by atoms with van der Waals surface area (Å²) in [4.78, 5) is 35.1. The molecule has 0 aliphatic rings. The molecule has 0 aromatic rings. The Kier molecular flexibility index (Phi) is 47.4. The van der Waals surface area contributed by atoms with Gasteiger partial charge in [-0.15, -0.1) is 0 Å². The van der Waals surface area contributed by atoms with E-state index in [-0.39, 0.29) is 19.4 Å². The molecular formula is C54H95O10P. The van der Waals surface area contributed by atoms with E-state index in [0.717, 1.165) is 38.5 Å². The molecular weight excluding hydrogens is 840 g/mol. The first-order valence-electron chi connectivity index (χ1n) is 25.9. The number of carbonyl (C=O) groups is 2. The average Bonchev–Trinajstić information content (AvgIpc) is 3.30. The van der Waals surface area contributed by atoms with Crippen LogP contribution in [0.5, 0.6) is 0 Å². The smallest absolute Gasteiger partial charge is 0.462 e. The second kappa shape index (κ2) is 49.3. The molecule has 0 amide bonds. The maximum atomic E-state index is 12.7. The summed E-state index contributed by atoms with van der Waals surface area (Å²) in [6.07, 6.45) is 59.0. The molecule has 0 fully saturated rings. The third-order valence-corrected chi connectivity index (χ3v) is 11.8. The van der Waals surface area contributed by atoms with Crippen molar-refractivity contribution in [2.75, 3.05) is 26.4 Å². The van der Waals surface area contributed by atoms with Crippen LogP contribution in [-0.4, -0.2) is 65.7 Å². The maximum absolute atomic E-state index is 12.7. The van der Waals surface area contributed by atoms with Crippen molar-refractivity contribution in [3.8, 4) is 0 Å². The van der Waals surface area contributed by atoms with Crippen LogP contribution in [0.15, 0.2) is 72.9 Å². The summed E-state index contributed by atoms with van der Waals surface area (Å²) in [6, 6.07) is 0. The van der Waals surface area contributed by atoms with E-state index >= 15 is 0 Å². The Morgan fingerprint density at radius 2 is 0.831 bits per heavy atom. The topological polar surface area (TPSA) is 149 Å². The van der Waals surface area contributed by atoms with Crippen molar-refractivity contribution in [1.29, 1.82) is 0 Å². The largest absolute Gasteiger partial charge is 0.472 e. The zero-order valence-electron chi connectivity index (χ0n) is 41.2. The molecule has 3 atom stereocenters. The normalized spacial score (nSPS) is 14.2. The maximum Gasteiger partial charge on any atom is 0.472 e. The Labute approximate surface area is 397 Å². The van der Waals surface area contributed by atoms with Gasteiger partial charge >= 0.3 is 19.8 Å². The van der Waals surface area contributed by atoms with Gasteiger partial charge in [0.15, 0.2) is 6.10 Å². The first kappa shape index (κ1) is 62.4. The molecule has 0 rings (SSSR count). The van der Waals surface area contributed by atoms with E-state index in [9.17, 15) is 24.2 Å². The third kappa shape index (κ3) is 49.1. The van der Waals surface area contributed by atoms with Crippen molar-refractivity contribution >= 4 is 19.8 Å². The van der Waals surface area contributed by atoms with Gasteiger partial charge in [0, 0.05) is 12.8 Å². The molecule has 11 heteroatoms. The lowest BCUT2D eigenvalue weighted by Gasteiger charge is -2.20. The van der Waals surface area contributed by atoms with E-state index < -0.39 is 51.8 Å². The van der Waals surface area contributed by atoms with E-state index in [1.54, 1.807) is 0 Å².